The summed E-state index contributed by atoms with van der Waals surface area (Å²) in [5.74, 6) is 0.731. The fraction of sp³-hybridized carbons (Fsp3) is 0.214. The van der Waals surface area contributed by atoms with Crippen molar-refractivity contribution in [1.82, 2.24) is 19.1 Å². The van der Waals surface area contributed by atoms with Crippen LogP contribution in [-0.2, 0) is 0 Å². The molecule has 3 aromatic carbocycles. The van der Waals surface area contributed by atoms with Gasteiger partial charge in [-0.2, -0.15) is 5.10 Å². The third-order valence-corrected chi connectivity index (χ3v) is 11.3. The summed E-state index contributed by atoms with van der Waals surface area (Å²) in [6.07, 6.45) is 0. The molecule has 0 amide bonds. The minimum Gasteiger partial charge on any atom is -0.310 e. The zero-order valence-electron chi connectivity index (χ0n) is 21.6. The van der Waals surface area contributed by atoms with Gasteiger partial charge in [0.15, 0.2) is 13.2 Å². The Morgan fingerprint density at radius 2 is 1.55 bits per heavy atom. The molecule has 2 heterocycles. The SMILES string of the molecule is CCN(CC)[P@]1(=Nc2c(Cl)cccc2Cl)c2c(C)nn(-c3ccccc3)c2N=C(c2ccccc2F)N1C. The van der Waals surface area contributed by atoms with Crippen LogP contribution in [0.3, 0.4) is 0 Å². The lowest BCUT2D eigenvalue weighted by Crippen LogP contribution is -2.42. The first-order valence-electron chi connectivity index (χ1n) is 12.4. The Morgan fingerprint density at radius 3 is 2.18 bits per heavy atom. The van der Waals surface area contributed by atoms with Crippen LogP contribution in [0.4, 0.5) is 15.9 Å². The van der Waals surface area contributed by atoms with Gasteiger partial charge in [-0.3, -0.25) is 4.67 Å². The van der Waals surface area contributed by atoms with Crippen molar-refractivity contribution in [2.45, 2.75) is 20.8 Å². The van der Waals surface area contributed by atoms with Gasteiger partial charge in [0.2, 0.25) is 0 Å². The largest absolute Gasteiger partial charge is 0.310 e. The molecule has 0 N–H and O–H groups in total. The Labute approximate surface area is 232 Å². The zero-order chi connectivity index (χ0) is 27.0. The number of halogens is 3. The van der Waals surface area contributed by atoms with E-state index in [4.69, 9.17) is 38.0 Å². The maximum absolute atomic E-state index is 15.3. The first-order valence-corrected chi connectivity index (χ1v) is 14.8. The van der Waals surface area contributed by atoms with E-state index in [1.807, 2.05) is 59.7 Å². The molecule has 196 valence electrons. The van der Waals surface area contributed by atoms with Crippen LogP contribution in [0, 0.1) is 12.7 Å². The van der Waals surface area contributed by atoms with E-state index >= 15 is 4.39 Å². The van der Waals surface area contributed by atoms with Crippen LogP contribution in [0.2, 0.25) is 10.0 Å². The molecule has 0 spiro atoms. The van der Waals surface area contributed by atoms with Crippen LogP contribution in [0.5, 0.6) is 0 Å². The topological polar surface area (TPSA) is 49.0 Å². The lowest BCUT2D eigenvalue weighted by atomic mass is 10.2. The van der Waals surface area contributed by atoms with Crippen molar-refractivity contribution in [3.05, 3.63) is 99.9 Å². The van der Waals surface area contributed by atoms with Crippen molar-refractivity contribution >= 4 is 53.2 Å². The highest BCUT2D eigenvalue weighted by molar-refractivity contribution is 7.70. The summed E-state index contributed by atoms with van der Waals surface area (Å²) in [7, 11) is -0.969. The Kier molecular flexibility index (Phi) is 7.47. The van der Waals surface area contributed by atoms with E-state index in [2.05, 4.69) is 18.5 Å². The predicted octanol–water partition coefficient (Wildman–Crippen LogP) is 7.98. The lowest BCUT2D eigenvalue weighted by Gasteiger charge is -2.45. The van der Waals surface area contributed by atoms with E-state index < -0.39 is 7.36 Å². The quantitative estimate of drug-likeness (QED) is 0.221. The summed E-state index contributed by atoms with van der Waals surface area (Å²) in [4.78, 5) is 5.07. The molecule has 0 saturated carbocycles. The number of rotatable bonds is 6. The zero-order valence-corrected chi connectivity index (χ0v) is 24.0. The third kappa shape index (κ3) is 4.28. The molecule has 1 aliphatic rings. The van der Waals surface area contributed by atoms with Crippen LogP contribution in [0.15, 0.2) is 82.5 Å². The normalized spacial score (nSPS) is 16.9. The molecule has 10 heteroatoms. The van der Waals surface area contributed by atoms with Crippen molar-refractivity contribution < 1.29 is 4.39 Å². The number of fused-ring (bicyclic) bond motifs is 1. The number of para-hydroxylation sites is 1. The molecule has 0 radical (unpaired) electrons. The maximum atomic E-state index is 15.3. The van der Waals surface area contributed by atoms with Crippen molar-refractivity contribution in [3.63, 3.8) is 0 Å². The summed E-state index contributed by atoms with van der Waals surface area (Å²) in [5.41, 5.74) is 2.53. The molecule has 4 aromatic rings. The van der Waals surface area contributed by atoms with Gasteiger partial charge in [0, 0.05) is 20.1 Å². The molecule has 0 unspecified atom stereocenters. The van der Waals surface area contributed by atoms with E-state index in [0.717, 1.165) is 16.7 Å². The molecule has 0 bridgehead atoms. The van der Waals surface area contributed by atoms with Crippen molar-refractivity contribution in [2.75, 3.05) is 20.1 Å². The van der Waals surface area contributed by atoms with E-state index in [1.165, 1.54) is 6.07 Å². The number of aromatic nitrogens is 2. The van der Waals surface area contributed by atoms with Crippen LogP contribution < -0.4 is 5.30 Å². The summed E-state index contributed by atoms with van der Waals surface area (Å²) in [6.45, 7) is 7.51. The average Bonchev–Trinajstić information content (AvgIpc) is 3.26. The smallest absolute Gasteiger partial charge is 0.170 e. The molecule has 0 saturated heterocycles. The fourth-order valence-electron chi connectivity index (χ4n) is 4.89. The molecule has 1 aliphatic heterocycles. The molecule has 1 aromatic heterocycles. The van der Waals surface area contributed by atoms with Gasteiger partial charge < -0.3 is 4.67 Å². The second-order valence-electron chi connectivity index (χ2n) is 8.82. The third-order valence-electron chi connectivity index (χ3n) is 6.66. The molecule has 0 fully saturated rings. The van der Waals surface area contributed by atoms with Gasteiger partial charge in [0.1, 0.15) is 17.3 Å². The number of benzene rings is 3. The van der Waals surface area contributed by atoms with Gasteiger partial charge in [-0.1, -0.05) is 73.4 Å². The molecule has 38 heavy (non-hydrogen) atoms. The maximum Gasteiger partial charge on any atom is 0.170 e. The number of aliphatic imine (C=N–C) groups is 1. The van der Waals surface area contributed by atoms with Gasteiger partial charge in [0.05, 0.1) is 32.3 Å². The van der Waals surface area contributed by atoms with Crippen molar-refractivity contribution in [1.29, 1.82) is 0 Å². The Morgan fingerprint density at radius 1 is 0.921 bits per heavy atom. The van der Waals surface area contributed by atoms with Crippen molar-refractivity contribution in [2.24, 2.45) is 9.74 Å². The summed E-state index contributed by atoms with van der Waals surface area (Å²) < 4.78 is 26.9. The van der Waals surface area contributed by atoms with Gasteiger partial charge in [0.25, 0.3) is 0 Å². The van der Waals surface area contributed by atoms with Crippen molar-refractivity contribution in [3.8, 4) is 5.69 Å². The molecule has 0 aliphatic carbocycles. The second-order valence-corrected chi connectivity index (χ2v) is 12.6. The minimum absolute atomic E-state index is 0.363. The second kappa shape index (κ2) is 10.7. The van der Waals surface area contributed by atoms with Crippen LogP contribution in [0.1, 0.15) is 25.1 Å². The molecular formula is C28H28Cl2FN6P. The van der Waals surface area contributed by atoms with Crippen LogP contribution in [0.25, 0.3) is 5.69 Å². The number of hydrogen-bond donors (Lipinski definition) is 0. The predicted molar refractivity (Wildman–Crippen MR) is 157 cm³/mol. The van der Waals surface area contributed by atoms with Crippen LogP contribution in [-0.4, -0.2) is 45.1 Å². The lowest BCUT2D eigenvalue weighted by molar-refractivity contribution is 0.480. The monoisotopic (exact) mass is 568 g/mol. The number of hydrogen-bond acceptors (Lipinski definition) is 3. The van der Waals surface area contributed by atoms with Gasteiger partial charge in [-0.15, -0.1) is 0 Å². The molecular weight excluding hydrogens is 541 g/mol. The highest BCUT2D eigenvalue weighted by Gasteiger charge is 2.45. The number of nitrogens with zero attached hydrogens (tertiary/aromatic N) is 6. The van der Waals surface area contributed by atoms with Gasteiger partial charge >= 0.3 is 0 Å². The highest BCUT2D eigenvalue weighted by atomic mass is 35.5. The Balaban J connectivity index is 1.97. The summed E-state index contributed by atoms with van der Waals surface area (Å²) in [6, 6.07) is 21.8. The van der Waals surface area contributed by atoms with Crippen LogP contribution >= 0.6 is 30.6 Å². The molecule has 1 atom stereocenters. The minimum atomic E-state index is -2.89. The first kappa shape index (κ1) is 26.6. The number of aryl methyl sites for hydroxylation is 1. The van der Waals surface area contributed by atoms with E-state index in [9.17, 15) is 0 Å². The Hall–Kier alpha value is -2.96. The van der Waals surface area contributed by atoms with Gasteiger partial charge in [-0.25, -0.2) is 18.8 Å². The van der Waals surface area contributed by atoms with E-state index in [-0.39, 0.29) is 5.82 Å². The van der Waals surface area contributed by atoms with Gasteiger partial charge in [-0.05, 0) is 43.3 Å². The fourth-order valence-corrected chi connectivity index (χ4v) is 9.41. The standard InChI is InChI=1S/C28H28Cl2FN6P/c1-5-36(6-2)38(34-25-22(29)16-12-17-23(25)30)26-19(3)33-37(20-13-8-7-9-14-20)28(26)32-27(35(38)4)21-15-10-11-18-24(21)31/h7-18H,5-6H2,1-4H3/t38-/m0/s1. The Bertz CT molecular complexity index is 1560. The average molecular weight is 569 g/mol. The summed E-state index contributed by atoms with van der Waals surface area (Å²) in [5, 5.41) is 6.73. The molecule has 6 nitrogen and oxygen atoms in total. The molecule has 5 rings (SSSR count). The summed E-state index contributed by atoms with van der Waals surface area (Å²) >= 11 is 13.4. The number of amidine groups is 1. The van der Waals surface area contributed by atoms with E-state index in [1.54, 1.807) is 30.3 Å². The van der Waals surface area contributed by atoms with E-state index in [0.29, 0.717) is 46.0 Å². The first-order chi connectivity index (χ1) is 18.3. The highest BCUT2D eigenvalue weighted by Crippen LogP contribution is 2.62.